The van der Waals surface area contributed by atoms with Crippen molar-refractivity contribution in [3.63, 3.8) is 0 Å². The molecule has 5 rings (SSSR count). The van der Waals surface area contributed by atoms with Crippen LogP contribution in [0.4, 0.5) is 0 Å². The number of ketones is 1. The van der Waals surface area contributed by atoms with Crippen LogP contribution in [0.25, 0.3) is 0 Å². The minimum absolute atomic E-state index is 0.000998. The predicted octanol–water partition coefficient (Wildman–Crippen LogP) is 5.76. The highest BCUT2D eigenvalue weighted by Gasteiger charge is 2.61. The summed E-state index contributed by atoms with van der Waals surface area (Å²) in [6, 6.07) is 6.85. The predicted molar refractivity (Wildman–Crippen MR) is 135 cm³/mol. The first-order valence-electron chi connectivity index (χ1n) is 13.0. The van der Waals surface area contributed by atoms with Crippen LogP contribution in [-0.4, -0.2) is 30.3 Å². The standard InChI is InChI=1S/C29H36ClNO4/c1-17(32)35-21-10-12-28(2)19(14-21)6-9-22-23(28)11-13-29(3)24(22)15-26(33)25(29)16-31-27(34)18-4-7-20(30)8-5-18/h4-8,21-25H,9-16H2,1-3H3,(H,31,34)/t21-,22+,23-,24-,25-,28-,29-/m0/s1. The number of esters is 1. The highest BCUT2D eigenvalue weighted by molar-refractivity contribution is 6.30. The zero-order valence-electron chi connectivity index (χ0n) is 20.9. The third-order valence-electron chi connectivity index (χ3n) is 10.0. The number of hydrogen-bond acceptors (Lipinski definition) is 4. The molecular formula is C29H36ClNO4. The minimum atomic E-state index is -0.194. The van der Waals surface area contributed by atoms with Crippen LogP contribution in [0.2, 0.25) is 5.02 Å². The molecule has 5 nitrogen and oxygen atoms in total. The van der Waals surface area contributed by atoms with Crippen molar-refractivity contribution < 1.29 is 19.1 Å². The fourth-order valence-electron chi connectivity index (χ4n) is 8.10. The molecule has 0 saturated heterocycles. The molecule has 6 heteroatoms. The summed E-state index contributed by atoms with van der Waals surface area (Å²) < 4.78 is 5.55. The lowest BCUT2D eigenvalue weighted by atomic mass is 9.47. The van der Waals surface area contributed by atoms with Crippen LogP contribution in [0.5, 0.6) is 0 Å². The van der Waals surface area contributed by atoms with E-state index in [4.69, 9.17) is 16.3 Å². The van der Waals surface area contributed by atoms with Crippen molar-refractivity contribution in [2.45, 2.75) is 71.8 Å². The number of halogens is 1. The third kappa shape index (κ3) is 4.24. The lowest BCUT2D eigenvalue weighted by Gasteiger charge is -2.57. The van der Waals surface area contributed by atoms with Crippen molar-refractivity contribution in [1.29, 1.82) is 0 Å². The summed E-state index contributed by atoms with van der Waals surface area (Å²) >= 11 is 5.95. The molecule has 3 fully saturated rings. The van der Waals surface area contributed by atoms with Gasteiger partial charge in [-0.05, 0) is 85.0 Å². The van der Waals surface area contributed by atoms with Gasteiger partial charge in [-0.15, -0.1) is 0 Å². The first-order valence-corrected chi connectivity index (χ1v) is 13.4. The van der Waals surface area contributed by atoms with Crippen molar-refractivity contribution in [2.24, 2.45) is 34.5 Å². The maximum atomic E-state index is 13.3. The quantitative estimate of drug-likeness (QED) is 0.424. The molecule has 7 atom stereocenters. The summed E-state index contributed by atoms with van der Waals surface area (Å²) in [5.41, 5.74) is 2.07. The molecule has 188 valence electrons. The highest BCUT2D eigenvalue weighted by atomic mass is 35.5. The van der Waals surface area contributed by atoms with Gasteiger partial charge in [0.25, 0.3) is 5.91 Å². The lowest BCUT2D eigenvalue weighted by molar-refractivity contribution is -0.148. The van der Waals surface area contributed by atoms with Gasteiger partial charge in [0, 0.05) is 42.8 Å². The van der Waals surface area contributed by atoms with Gasteiger partial charge in [-0.3, -0.25) is 14.4 Å². The van der Waals surface area contributed by atoms with E-state index in [1.807, 2.05) is 0 Å². The smallest absolute Gasteiger partial charge is 0.302 e. The van der Waals surface area contributed by atoms with Gasteiger partial charge in [-0.25, -0.2) is 0 Å². The average Bonchev–Trinajstić information content (AvgIpc) is 3.07. The molecular weight excluding hydrogens is 462 g/mol. The molecule has 0 aliphatic heterocycles. The Morgan fingerprint density at radius 2 is 1.83 bits per heavy atom. The van der Waals surface area contributed by atoms with Crippen molar-refractivity contribution in [2.75, 3.05) is 6.54 Å². The molecule has 3 saturated carbocycles. The molecule has 1 aromatic carbocycles. The number of fused-ring (bicyclic) bond motifs is 5. The maximum absolute atomic E-state index is 13.3. The Morgan fingerprint density at radius 3 is 2.54 bits per heavy atom. The zero-order valence-corrected chi connectivity index (χ0v) is 21.7. The molecule has 1 N–H and O–H groups in total. The van der Waals surface area contributed by atoms with Gasteiger partial charge in [0.15, 0.2) is 0 Å². The largest absolute Gasteiger partial charge is 0.462 e. The number of Topliss-reactive ketones (excluding diaryl/α,β-unsaturated/α-hetero) is 1. The number of carbonyl (C=O) groups is 3. The highest BCUT2D eigenvalue weighted by Crippen LogP contribution is 2.65. The first-order chi connectivity index (χ1) is 16.6. The van der Waals surface area contributed by atoms with Crippen LogP contribution in [-0.2, 0) is 14.3 Å². The molecule has 35 heavy (non-hydrogen) atoms. The minimum Gasteiger partial charge on any atom is -0.462 e. The van der Waals surface area contributed by atoms with Crippen molar-refractivity contribution in [3.8, 4) is 0 Å². The van der Waals surface area contributed by atoms with E-state index < -0.39 is 0 Å². The second kappa shape index (κ2) is 9.06. The van der Waals surface area contributed by atoms with E-state index in [1.54, 1.807) is 24.3 Å². The zero-order chi connectivity index (χ0) is 25.0. The second-order valence-electron chi connectivity index (χ2n) is 11.7. The van der Waals surface area contributed by atoms with Crippen LogP contribution in [0.3, 0.4) is 0 Å². The van der Waals surface area contributed by atoms with Crippen molar-refractivity contribution in [1.82, 2.24) is 5.32 Å². The molecule has 0 aromatic heterocycles. The molecule has 0 radical (unpaired) electrons. The average molecular weight is 498 g/mol. The number of carbonyl (C=O) groups excluding carboxylic acids is 3. The Labute approximate surface area is 213 Å². The summed E-state index contributed by atoms with van der Waals surface area (Å²) in [6.07, 6.45) is 8.95. The number of amides is 1. The summed E-state index contributed by atoms with van der Waals surface area (Å²) in [6.45, 7) is 6.58. The SMILES string of the molecule is CC(=O)O[C@H]1CC[C@@]2(C)C(=CC[C@H]3[C@@H]4CC(=O)[C@H](CNC(=O)c5ccc(Cl)cc5)[C@@]4(C)CC[C@@H]32)C1. The fourth-order valence-corrected chi connectivity index (χ4v) is 8.23. The summed E-state index contributed by atoms with van der Waals surface area (Å²) in [7, 11) is 0. The van der Waals surface area contributed by atoms with Gasteiger partial charge < -0.3 is 10.1 Å². The molecule has 0 unspecified atom stereocenters. The molecule has 0 spiro atoms. The van der Waals surface area contributed by atoms with Gasteiger partial charge in [0.2, 0.25) is 0 Å². The normalized spacial score (nSPS) is 38.0. The fraction of sp³-hybridized carbons (Fsp3) is 0.621. The lowest BCUT2D eigenvalue weighted by Crippen LogP contribution is -2.51. The van der Waals surface area contributed by atoms with Crippen molar-refractivity contribution in [3.05, 3.63) is 46.5 Å². The van der Waals surface area contributed by atoms with E-state index in [1.165, 1.54) is 12.5 Å². The van der Waals surface area contributed by atoms with Crippen LogP contribution < -0.4 is 5.32 Å². The molecule has 4 aliphatic rings. The third-order valence-corrected chi connectivity index (χ3v) is 10.3. The van der Waals surface area contributed by atoms with E-state index >= 15 is 0 Å². The van der Waals surface area contributed by atoms with E-state index in [0.717, 1.165) is 38.5 Å². The molecule has 0 heterocycles. The number of hydrogen-bond donors (Lipinski definition) is 1. The Morgan fingerprint density at radius 1 is 1.09 bits per heavy atom. The van der Waals surface area contributed by atoms with E-state index in [-0.39, 0.29) is 34.7 Å². The van der Waals surface area contributed by atoms with Gasteiger partial charge >= 0.3 is 5.97 Å². The van der Waals surface area contributed by atoms with Crippen LogP contribution in [0.15, 0.2) is 35.9 Å². The number of rotatable bonds is 4. The van der Waals surface area contributed by atoms with Gasteiger partial charge in [-0.1, -0.05) is 37.1 Å². The summed E-state index contributed by atoms with van der Waals surface area (Å²) in [5.74, 6) is 1.22. The molecule has 4 aliphatic carbocycles. The number of benzene rings is 1. The Hall–Kier alpha value is -2.14. The van der Waals surface area contributed by atoms with E-state index in [2.05, 4.69) is 25.2 Å². The van der Waals surface area contributed by atoms with Gasteiger partial charge in [0.1, 0.15) is 11.9 Å². The van der Waals surface area contributed by atoms with Crippen LogP contribution in [0.1, 0.15) is 76.1 Å². The van der Waals surface area contributed by atoms with Crippen LogP contribution in [0, 0.1) is 34.5 Å². The Bertz CT molecular complexity index is 1060. The Kier molecular flexibility index (Phi) is 6.36. The number of ether oxygens (including phenoxy) is 1. The molecule has 1 amide bonds. The van der Waals surface area contributed by atoms with Gasteiger partial charge in [-0.2, -0.15) is 0 Å². The van der Waals surface area contributed by atoms with E-state index in [0.29, 0.717) is 47.1 Å². The summed E-state index contributed by atoms with van der Waals surface area (Å²) in [4.78, 5) is 37.5. The van der Waals surface area contributed by atoms with Crippen molar-refractivity contribution >= 4 is 29.3 Å². The second-order valence-corrected chi connectivity index (χ2v) is 12.2. The van der Waals surface area contributed by atoms with Gasteiger partial charge in [0.05, 0.1) is 0 Å². The summed E-state index contributed by atoms with van der Waals surface area (Å²) in [5, 5.41) is 3.63. The molecule has 1 aromatic rings. The topological polar surface area (TPSA) is 72.5 Å². The number of allylic oxidation sites excluding steroid dienone is 1. The maximum Gasteiger partial charge on any atom is 0.302 e. The molecule has 0 bridgehead atoms. The monoisotopic (exact) mass is 497 g/mol. The Balaban J connectivity index is 1.30. The number of nitrogens with one attached hydrogen (secondary N) is 1. The van der Waals surface area contributed by atoms with E-state index in [9.17, 15) is 14.4 Å². The van der Waals surface area contributed by atoms with Crippen LogP contribution >= 0.6 is 11.6 Å². The first kappa shape index (κ1) is 24.5.